The highest BCUT2D eigenvalue weighted by Gasteiger charge is 2.24. The van der Waals surface area contributed by atoms with Crippen LogP contribution in [-0.2, 0) is 11.2 Å². The van der Waals surface area contributed by atoms with Crippen LogP contribution in [0.1, 0.15) is 58.9 Å². The smallest absolute Gasteiger partial charge is 0.262 e. The molecule has 0 radical (unpaired) electrons. The van der Waals surface area contributed by atoms with Crippen LogP contribution in [0.3, 0.4) is 0 Å². The Hall–Kier alpha value is -2.81. The average molecular weight is 499 g/mol. The Morgan fingerprint density at radius 1 is 1.29 bits per heavy atom. The van der Waals surface area contributed by atoms with Gasteiger partial charge in [0, 0.05) is 29.1 Å². The van der Waals surface area contributed by atoms with Gasteiger partial charge in [-0.3, -0.25) is 9.36 Å². The monoisotopic (exact) mass is 498 g/mol. The van der Waals surface area contributed by atoms with E-state index in [9.17, 15) is 4.79 Å². The van der Waals surface area contributed by atoms with E-state index in [-0.39, 0.29) is 12.2 Å². The molecule has 1 aliphatic heterocycles. The number of piperidine rings is 1. The number of aromatic nitrogens is 2. The van der Waals surface area contributed by atoms with E-state index in [2.05, 4.69) is 16.4 Å². The molecule has 0 bridgehead atoms. The van der Waals surface area contributed by atoms with Gasteiger partial charge in [-0.1, -0.05) is 29.8 Å². The summed E-state index contributed by atoms with van der Waals surface area (Å²) in [6.07, 6.45) is 7.45. The molecule has 2 aromatic heterocycles. The summed E-state index contributed by atoms with van der Waals surface area (Å²) in [5, 5.41) is 4.79. The summed E-state index contributed by atoms with van der Waals surface area (Å²) in [5.74, 6) is 0.891. The van der Waals surface area contributed by atoms with Gasteiger partial charge in [0.2, 0.25) is 0 Å². The van der Waals surface area contributed by atoms with Crippen molar-refractivity contribution in [3.05, 3.63) is 69.3 Å². The van der Waals surface area contributed by atoms with Gasteiger partial charge >= 0.3 is 0 Å². The van der Waals surface area contributed by atoms with Crippen molar-refractivity contribution >= 4 is 34.9 Å². The lowest BCUT2D eigenvalue weighted by atomic mass is 10.1. The summed E-state index contributed by atoms with van der Waals surface area (Å²) < 4.78 is 14.4. The molecular weight excluding hydrogens is 472 g/mol. The lowest BCUT2D eigenvalue weighted by Gasteiger charge is -2.26. The van der Waals surface area contributed by atoms with Gasteiger partial charge in [0.1, 0.15) is 34.2 Å². The van der Waals surface area contributed by atoms with Crippen LogP contribution >= 0.6 is 22.9 Å². The van der Waals surface area contributed by atoms with Crippen LogP contribution < -0.4 is 15.8 Å². The number of aryl methyl sites for hydroxylation is 1. The predicted octanol–water partition coefficient (Wildman–Crippen LogP) is 4.88. The van der Waals surface area contributed by atoms with Crippen molar-refractivity contribution in [3.8, 4) is 10.8 Å². The van der Waals surface area contributed by atoms with Gasteiger partial charge in [0.15, 0.2) is 0 Å². The maximum Gasteiger partial charge on any atom is 0.262 e. The van der Waals surface area contributed by atoms with Gasteiger partial charge < -0.3 is 20.5 Å². The molecular formula is C25H27ClN4O3S. The van der Waals surface area contributed by atoms with E-state index in [4.69, 9.17) is 26.8 Å². The van der Waals surface area contributed by atoms with E-state index >= 15 is 0 Å². The number of ether oxygens (including phenoxy) is 2. The normalized spacial score (nSPS) is 17.1. The van der Waals surface area contributed by atoms with E-state index in [1.54, 1.807) is 6.33 Å². The zero-order valence-corrected chi connectivity index (χ0v) is 20.5. The maximum absolute atomic E-state index is 12.2. The molecule has 0 spiro atoms. The number of imidazole rings is 1. The maximum atomic E-state index is 12.2. The fourth-order valence-electron chi connectivity index (χ4n) is 4.40. The molecule has 34 heavy (non-hydrogen) atoms. The number of hydrogen-bond donors (Lipinski definition) is 2. The van der Waals surface area contributed by atoms with Crippen LogP contribution in [0.2, 0.25) is 5.02 Å². The van der Waals surface area contributed by atoms with E-state index < -0.39 is 5.91 Å². The molecule has 7 nitrogen and oxygen atoms in total. The zero-order valence-electron chi connectivity index (χ0n) is 18.9. The summed E-state index contributed by atoms with van der Waals surface area (Å²) in [6, 6.07) is 9.34. The standard InChI is InChI=1S/C25H27ClN4O3S/c1-15(18-4-2-3-5-19(18)26)32-22-13-23(34-24(22)25(27)31)30-14-29-20-7-6-17(12-21(20)30)33-16-8-10-28-11-9-16/h2-5,12-16,28H,6-11H2,1H3,(H2,27,31)/t15-/m1/s1. The van der Waals surface area contributed by atoms with Crippen LogP contribution in [0.15, 0.2) is 42.4 Å². The Bertz CT molecular complexity index is 1230. The molecule has 0 saturated carbocycles. The summed E-state index contributed by atoms with van der Waals surface area (Å²) >= 11 is 7.62. The molecule has 3 aromatic rings. The lowest BCUT2D eigenvalue weighted by Crippen LogP contribution is -2.32. The predicted molar refractivity (Wildman–Crippen MR) is 134 cm³/mol. The molecule has 9 heteroatoms. The number of amides is 1. The molecule has 1 atom stereocenters. The number of carbonyl (C=O) groups excluding carboxylic acids is 1. The molecule has 178 valence electrons. The molecule has 3 heterocycles. The average Bonchev–Trinajstić information content (AvgIpc) is 3.44. The molecule has 1 amide bonds. The number of hydrogen-bond acceptors (Lipinski definition) is 6. The van der Waals surface area contributed by atoms with Crippen LogP contribution in [-0.4, -0.2) is 34.7 Å². The van der Waals surface area contributed by atoms with Crippen LogP contribution in [0.5, 0.6) is 5.75 Å². The number of allylic oxidation sites excluding steroid dienone is 1. The second kappa shape index (κ2) is 9.82. The number of fused-ring (bicyclic) bond motifs is 1. The van der Waals surface area contributed by atoms with Crippen molar-refractivity contribution in [1.29, 1.82) is 0 Å². The van der Waals surface area contributed by atoms with Crippen LogP contribution in [0.4, 0.5) is 0 Å². The summed E-state index contributed by atoms with van der Waals surface area (Å²) in [5.41, 5.74) is 8.52. The van der Waals surface area contributed by atoms with Crippen molar-refractivity contribution in [2.45, 2.75) is 44.8 Å². The van der Waals surface area contributed by atoms with Crippen molar-refractivity contribution in [2.24, 2.45) is 5.73 Å². The Morgan fingerprint density at radius 3 is 2.85 bits per heavy atom. The number of benzene rings is 1. The zero-order chi connectivity index (χ0) is 23.7. The van der Waals surface area contributed by atoms with Crippen molar-refractivity contribution in [2.75, 3.05) is 13.1 Å². The van der Waals surface area contributed by atoms with Gasteiger partial charge in [-0.25, -0.2) is 4.98 Å². The SMILES string of the molecule is C[C@@H](Oc1cc(-n2cnc3c2C=C(OC2CCNCC2)CC3)sc1C(N)=O)c1ccccc1Cl. The fourth-order valence-corrected chi connectivity index (χ4v) is 5.62. The number of halogens is 1. The van der Waals surface area contributed by atoms with Crippen molar-refractivity contribution in [1.82, 2.24) is 14.9 Å². The van der Waals surface area contributed by atoms with E-state index in [1.165, 1.54) is 11.3 Å². The second-order valence-corrected chi connectivity index (χ2v) is 9.99. The number of nitrogens with zero attached hydrogens (tertiary/aromatic N) is 2. The van der Waals surface area contributed by atoms with Gasteiger partial charge in [-0.15, -0.1) is 11.3 Å². The highest BCUT2D eigenvalue weighted by atomic mass is 35.5. The molecule has 1 fully saturated rings. The minimum atomic E-state index is -0.530. The van der Waals surface area contributed by atoms with E-state index in [1.807, 2.05) is 41.8 Å². The Balaban J connectivity index is 1.43. The number of nitrogens with two attached hydrogens (primary N) is 1. The molecule has 1 aromatic carbocycles. The summed E-state index contributed by atoms with van der Waals surface area (Å²) in [6.45, 7) is 3.87. The molecule has 1 aliphatic carbocycles. The quantitative estimate of drug-likeness (QED) is 0.484. The summed E-state index contributed by atoms with van der Waals surface area (Å²) in [4.78, 5) is 17.2. The largest absolute Gasteiger partial charge is 0.495 e. The second-order valence-electron chi connectivity index (χ2n) is 8.55. The van der Waals surface area contributed by atoms with Gasteiger partial charge in [-0.05, 0) is 45.3 Å². The Labute approximate surface area is 207 Å². The van der Waals surface area contributed by atoms with Crippen molar-refractivity contribution in [3.63, 3.8) is 0 Å². The third-order valence-corrected chi connectivity index (χ3v) is 7.66. The minimum Gasteiger partial charge on any atom is -0.495 e. The first kappa shape index (κ1) is 23.0. The molecule has 0 unspecified atom stereocenters. The minimum absolute atomic E-state index is 0.250. The Kier molecular flexibility index (Phi) is 6.63. The first-order chi connectivity index (χ1) is 16.5. The van der Waals surface area contributed by atoms with Crippen LogP contribution in [0.25, 0.3) is 11.1 Å². The number of thiophene rings is 1. The molecule has 1 saturated heterocycles. The topological polar surface area (TPSA) is 91.4 Å². The van der Waals surface area contributed by atoms with Crippen molar-refractivity contribution < 1.29 is 14.3 Å². The third-order valence-electron chi connectivity index (χ3n) is 6.19. The number of carbonyl (C=O) groups is 1. The first-order valence-electron chi connectivity index (χ1n) is 11.5. The first-order valence-corrected chi connectivity index (χ1v) is 12.7. The van der Waals surface area contributed by atoms with E-state index in [0.717, 1.165) is 66.5 Å². The number of nitrogens with one attached hydrogen (secondary N) is 1. The van der Waals surface area contributed by atoms with E-state index in [0.29, 0.717) is 15.6 Å². The fraction of sp³-hybridized carbons (Fsp3) is 0.360. The van der Waals surface area contributed by atoms with Crippen LogP contribution in [0, 0.1) is 0 Å². The number of primary amides is 1. The highest BCUT2D eigenvalue weighted by Crippen LogP contribution is 2.37. The van der Waals surface area contributed by atoms with Gasteiger partial charge in [0.25, 0.3) is 5.91 Å². The Morgan fingerprint density at radius 2 is 2.09 bits per heavy atom. The van der Waals surface area contributed by atoms with Gasteiger partial charge in [-0.2, -0.15) is 0 Å². The molecule has 5 rings (SSSR count). The highest BCUT2D eigenvalue weighted by molar-refractivity contribution is 7.16. The third kappa shape index (κ3) is 4.71. The molecule has 2 aliphatic rings. The number of rotatable bonds is 7. The summed E-state index contributed by atoms with van der Waals surface area (Å²) in [7, 11) is 0. The van der Waals surface area contributed by atoms with Gasteiger partial charge in [0.05, 0.1) is 17.1 Å². The molecule has 3 N–H and O–H groups in total. The lowest BCUT2D eigenvalue weighted by molar-refractivity contribution is 0.0841.